The number of piperidine rings is 1. The smallest absolute Gasteiger partial charge is 0.190 e. The van der Waals surface area contributed by atoms with Gasteiger partial charge in [-0.3, -0.25) is 4.99 Å². The molecule has 29 heavy (non-hydrogen) atoms. The Morgan fingerprint density at radius 1 is 1.00 bits per heavy atom. The normalized spacial score (nSPS) is 15.6. The van der Waals surface area contributed by atoms with Crippen LogP contribution in [-0.2, 0) is 16.3 Å². The molecule has 1 saturated heterocycles. The molecule has 0 saturated carbocycles. The van der Waals surface area contributed by atoms with Crippen molar-refractivity contribution in [3.8, 4) is 0 Å². The molecule has 0 aliphatic carbocycles. The van der Waals surface area contributed by atoms with Crippen molar-refractivity contribution in [2.45, 2.75) is 49.8 Å². The molecule has 0 spiro atoms. The molecule has 2 N–H and O–H groups in total. The van der Waals surface area contributed by atoms with Crippen molar-refractivity contribution < 1.29 is 8.42 Å². The van der Waals surface area contributed by atoms with Gasteiger partial charge in [0.15, 0.2) is 15.8 Å². The molecule has 0 unspecified atom stereocenters. The highest BCUT2D eigenvalue weighted by molar-refractivity contribution is 14.0. The fourth-order valence-corrected chi connectivity index (χ4v) is 4.11. The van der Waals surface area contributed by atoms with Crippen LogP contribution in [0.3, 0.4) is 0 Å². The second-order valence-corrected chi connectivity index (χ2v) is 9.57. The summed E-state index contributed by atoms with van der Waals surface area (Å²) in [6, 6.07) is 7.08. The van der Waals surface area contributed by atoms with E-state index in [-0.39, 0.29) is 24.0 Å². The first-order valence-electron chi connectivity index (χ1n) is 10.4. The lowest BCUT2D eigenvalue weighted by Gasteiger charge is -2.26. The summed E-state index contributed by atoms with van der Waals surface area (Å²) in [6.45, 7) is 5.50. The van der Waals surface area contributed by atoms with Gasteiger partial charge in [-0.05, 0) is 69.4 Å². The van der Waals surface area contributed by atoms with Gasteiger partial charge in [-0.15, -0.1) is 24.0 Å². The number of hydrogen-bond acceptors (Lipinski definition) is 4. The van der Waals surface area contributed by atoms with Crippen LogP contribution in [-0.4, -0.2) is 65.3 Å². The van der Waals surface area contributed by atoms with Crippen LogP contribution in [0.1, 0.15) is 44.1 Å². The molecule has 0 bridgehead atoms. The van der Waals surface area contributed by atoms with Gasteiger partial charge >= 0.3 is 0 Å². The van der Waals surface area contributed by atoms with Gasteiger partial charge in [0, 0.05) is 26.4 Å². The molecule has 1 aliphatic heterocycles. The monoisotopic (exact) mass is 536 g/mol. The van der Waals surface area contributed by atoms with Crippen molar-refractivity contribution in [2.75, 3.05) is 46.0 Å². The van der Waals surface area contributed by atoms with Gasteiger partial charge in [-0.2, -0.15) is 0 Å². The maximum Gasteiger partial charge on any atom is 0.190 e. The summed E-state index contributed by atoms with van der Waals surface area (Å²) in [4.78, 5) is 7.22. The molecule has 0 radical (unpaired) electrons. The molecule has 1 aliphatic rings. The summed E-state index contributed by atoms with van der Waals surface area (Å²) in [5, 5.41) is 6.69. The number of rotatable bonds is 10. The van der Waals surface area contributed by atoms with Crippen molar-refractivity contribution in [3.63, 3.8) is 0 Å². The Bertz CT molecular complexity index is 702. The zero-order valence-electron chi connectivity index (χ0n) is 17.8. The Balaban J connectivity index is 0.00000420. The first kappa shape index (κ1) is 26.2. The van der Waals surface area contributed by atoms with Crippen molar-refractivity contribution in [1.82, 2.24) is 15.5 Å². The van der Waals surface area contributed by atoms with Crippen molar-refractivity contribution in [3.05, 3.63) is 29.8 Å². The van der Waals surface area contributed by atoms with E-state index in [2.05, 4.69) is 20.5 Å². The van der Waals surface area contributed by atoms with Gasteiger partial charge in [0.1, 0.15) is 0 Å². The quantitative estimate of drug-likeness (QED) is 0.208. The molecule has 1 fully saturated rings. The molecule has 8 heteroatoms. The average Bonchev–Trinajstić information content (AvgIpc) is 2.69. The van der Waals surface area contributed by atoms with Crippen molar-refractivity contribution >= 4 is 39.8 Å². The number of sulfone groups is 1. The van der Waals surface area contributed by atoms with Crippen LogP contribution >= 0.6 is 24.0 Å². The molecule has 1 aromatic rings. The van der Waals surface area contributed by atoms with Crippen LogP contribution < -0.4 is 10.6 Å². The number of nitrogens with zero attached hydrogens (tertiary/aromatic N) is 2. The van der Waals surface area contributed by atoms with E-state index in [1.54, 1.807) is 19.2 Å². The number of halogens is 1. The van der Waals surface area contributed by atoms with Gasteiger partial charge in [0.25, 0.3) is 0 Å². The highest BCUT2D eigenvalue weighted by Crippen LogP contribution is 2.11. The van der Waals surface area contributed by atoms with Crippen LogP contribution in [0.4, 0.5) is 0 Å². The lowest BCUT2D eigenvalue weighted by molar-refractivity contribution is 0.224. The zero-order valence-corrected chi connectivity index (χ0v) is 21.0. The number of guanidine groups is 1. The Morgan fingerprint density at radius 2 is 1.66 bits per heavy atom. The maximum absolute atomic E-state index is 11.5. The van der Waals surface area contributed by atoms with E-state index in [9.17, 15) is 8.42 Å². The standard InChI is InChI=1S/C21H36N4O2S.HI/c1-22-21(23-14-5-3-6-16-25-17-7-4-8-18-25)24-15-13-19-9-11-20(12-10-19)28(2,26)27;/h9-12H,3-8,13-18H2,1-2H3,(H2,22,23,24);1H. The van der Waals surface area contributed by atoms with Crippen LogP contribution in [0.5, 0.6) is 0 Å². The van der Waals surface area contributed by atoms with E-state index >= 15 is 0 Å². The van der Waals surface area contributed by atoms with E-state index in [1.807, 2.05) is 12.1 Å². The Morgan fingerprint density at radius 3 is 2.28 bits per heavy atom. The van der Waals surface area contributed by atoms with Gasteiger partial charge < -0.3 is 15.5 Å². The third kappa shape index (κ3) is 10.6. The molecule has 2 rings (SSSR count). The van der Waals surface area contributed by atoms with Crippen LogP contribution in [0.15, 0.2) is 34.2 Å². The lowest BCUT2D eigenvalue weighted by Crippen LogP contribution is -2.38. The molecule has 6 nitrogen and oxygen atoms in total. The Kier molecular flexibility index (Phi) is 12.8. The van der Waals surface area contributed by atoms with Gasteiger partial charge in [-0.25, -0.2) is 8.42 Å². The van der Waals surface area contributed by atoms with E-state index in [0.29, 0.717) is 4.90 Å². The highest BCUT2D eigenvalue weighted by Gasteiger charge is 2.09. The first-order valence-corrected chi connectivity index (χ1v) is 12.3. The van der Waals surface area contributed by atoms with Gasteiger partial charge in [0.05, 0.1) is 4.90 Å². The molecule has 0 aromatic heterocycles. The van der Waals surface area contributed by atoms with Crippen LogP contribution in [0.2, 0.25) is 0 Å². The van der Waals surface area contributed by atoms with Crippen LogP contribution in [0, 0.1) is 0 Å². The Labute approximate surface area is 193 Å². The topological polar surface area (TPSA) is 73.8 Å². The second kappa shape index (κ2) is 14.2. The summed E-state index contributed by atoms with van der Waals surface area (Å²) < 4.78 is 23.0. The molecular weight excluding hydrogens is 499 g/mol. The summed E-state index contributed by atoms with van der Waals surface area (Å²) >= 11 is 0. The minimum absolute atomic E-state index is 0. The fourth-order valence-electron chi connectivity index (χ4n) is 3.48. The summed E-state index contributed by atoms with van der Waals surface area (Å²) in [7, 11) is -1.34. The summed E-state index contributed by atoms with van der Waals surface area (Å²) in [5.41, 5.74) is 1.10. The minimum atomic E-state index is -3.13. The van der Waals surface area contributed by atoms with Crippen molar-refractivity contribution in [2.24, 2.45) is 4.99 Å². The predicted octanol–water partition coefficient (Wildman–Crippen LogP) is 3.07. The summed E-state index contributed by atoms with van der Waals surface area (Å²) in [6.07, 6.45) is 9.86. The third-order valence-corrected chi connectivity index (χ3v) is 6.30. The third-order valence-electron chi connectivity index (χ3n) is 5.17. The molecular formula is C21H37IN4O2S. The van der Waals surface area contributed by atoms with E-state index in [0.717, 1.165) is 37.5 Å². The number of nitrogens with one attached hydrogen (secondary N) is 2. The highest BCUT2D eigenvalue weighted by atomic mass is 127. The number of hydrogen-bond donors (Lipinski definition) is 2. The zero-order chi connectivity index (χ0) is 20.2. The molecule has 1 aromatic carbocycles. The number of aliphatic imine (C=N–C) groups is 1. The fraction of sp³-hybridized carbons (Fsp3) is 0.667. The SMILES string of the molecule is CN=C(NCCCCCN1CCCCC1)NCCc1ccc(S(C)(=O)=O)cc1.I. The first-order chi connectivity index (χ1) is 13.5. The number of likely N-dealkylation sites (tertiary alicyclic amines) is 1. The minimum Gasteiger partial charge on any atom is -0.356 e. The van der Waals surface area contributed by atoms with Gasteiger partial charge in [0.2, 0.25) is 0 Å². The second-order valence-electron chi connectivity index (χ2n) is 7.55. The predicted molar refractivity (Wildman–Crippen MR) is 132 cm³/mol. The van der Waals surface area contributed by atoms with Crippen LogP contribution in [0.25, 0.3) is 0 Å². The largest absolute Gasteiger partial charge is 0.356 e. The van der Waals surface area contributed by atoms with E-state index in [1.165, 1.54) is 58.0 Å². The molecule has 0 amide bonds. The van der Waals surface area contributed by atoms with E-state index < -0.39 is 9.84 Å². The van der Waals surface area contributed by atoms with E-state index in [4.69, 9.17) is 0 Å². The average molecular weight is 537 g/mol. The summed E-state index contributed by atoms with van der Waals surface area (Å²) in [5.74, 6) is 0.823. The maximum atomic E-state index is 11.5. The molecule has 0 atom stereocenters. The van der Waals surface area contributed by atoms with Crippen molar-refractivity contribution in [1.29, 1.82) is 0 Å². The Hall–Kier alpha value is -0.870. The number of benzene rings is 1. The number of unbranched alkanes of at least 4 members (excludes halogenated alkanes) is 2. The van der Waals surface area contributed by atoms with Gasteiger partial charge in [-0.1, -0.05) is 25.0 Å². The molecule has 1 heterocycles. The lowest BCUT2D eigenvalue weighted by atomic mass is 10.1. The molecule has 166 valence electrons.